The third-order valence-corrected chi connectivity index (χ3v) is 4.78. The summed E-state index contributed by atoms with van der Waals surface area (Å²) in [5.41, 5.74) is 6.14. The first-order valence-corrected chi connectivity index (χ1v) is 8.13. The predicted molar refractivity (Wildman–Crippen MR) is 75.3 cm³/mol. The maximum absolute atomic E-state index is 11.7. The molecular formula is C12H17N3O4S. The van der Waals surface area contributed by atoms with Gasteiger partial charge in [0.05, 0.1) is 35.6 Å². The Morgan fingerprint density at radius 1 is 1.60 bits per heavy atom. The van der Waals surface area contributed by atoms with E-state index in [1.165, 1.54) is 12.3 Å². The molecule has 1 saturated heterocycles. The van der Waals surface area contributed by atoms with E-state index < -0.39 is 15.8 Å². The molecule has 0 spiro atoms. The van der Waals surface area contributed by atoms with E-state index in [0.717, 1.165) is 0 Å². The summed E-state index contributed by atoms with van der Waals surface area (Å²) in [6.45, 7) is 1.96. The third-order valence-electron chi connectivity index (χ3n) is 3.01. The van der Waals surface area contributed by atoms with Crippen LogP contribution in [0.5, 0.6) is 0 Å². The van der Waals surface area contributed by atoms with Gasteiger partial charge in [-0.05, 0) is 19.4 Å². The number of aromatic nitrogens is 1. The highest BCUT2D eigenvalue weighted by Crippen LogP contribution is 2.20. The van der Waals surface area contributed by atoms with Crippen molar-refractivity contribution < 1.29 is 17.9 Å². The number of nitrogens with one attached hydrogen (secondary N) is 1. The minimum absolute atomic E-state index is 0.0772. The summed E-state index contributed by atoms with van der Waals surface area (Å²) in [6.07, 6.45) is 1.89. The Bertz CT molecular complexity index is 615. The van der Waals surface area contributed by atoms with E-state index in [4.69, 9.17) is 10.5 Å². The summed E-state index contributed by atoms with van der Waals surface area (Å²) in [6, 6.07) is 1.30. The molecule has 1 aliphatic rings. The van der Waals surface area contributed by atoms with Crippen molar-refractivity contribution in [3.05, 3.63) is 17.8 Å². The molecule has 1 aromatic heterocycles. The van der Waals surface area contributed by atoms with Crippen LogP contribution in [0.2, 0.25) is 0 Å². The molecule has 3 N–H and O–H groups in total. The number of rotatable bonds is 4. The zero-order valence-corrected chi connectivity index (χ0v) is 11.9. The van der Waals surface area contributed by atoms with E-state index in [2.05, 4.69) is 10.3 Å². The number of hydrogen-bond donors (Lipinski definition) is 2. The number of hydrogen-bond acceptors (Lipinski definition) is 7. The van der Waals surface area contributed by atoms with Crippen LogP contribution in [0.15, 0.2) is 12.3 Å². The summed E-state index contributed by atoms with van der Waals surface area (Å²) in [7, 11) is -2.97. The van der Waals surface area contributed by atoms with Gasteiger partial charge >= 0.3 is 5.97 Å². The number of anilines is 2. The Hall–Kier alpha value is -1.83. The van der Waals surface area contributed by atoms with E-state index in [1.807, 2.05) is 0 Å². The second-order valence-corrected chi connectivity index (χ2v) is 6.85. The Labute approximate surface area is 117 Å². The van der Waals surface area contributed by atoms with Crippen molar-refractivity contribution in [1.29, 1.82) is 0 Å². The Morgan fingerprint density at radius 3 is 2.95 bits per heavy atom. The lowest BCUT2D eigenvalue weighted by atomic mass is 10.2. The van der Waals surface area contributed by atoms with E-state index >= 15 is 0 Å². The molecule has 1 atom stereocenters. The normalized spacial score (nSPS) is 20.6. The molecule has 0 saturated carbocycles. The minimum Gasteiger partial charge on any atom is -0.462 e. The SMILES string of the molecule is CCOC(=O)c1cc(NC2CCS(=O)(=O)C2)ncc1N. The van der Waals surface area contributed by atoms with Gasteiger partial charge in [-0.25, -0.2) is 18.2 Å². The van der Waals surface area contributed by atoms with Crippen LogP contribution < -0.4 is 11.1 Å². The predicted octanol–water partition coefficient (Wildman–Crippen LogP) is 0.439. The average molecular weight is 299 g/mol. The highest BCUT2D eigenvalue weighted by atomic mass is 32.2. The second-order valence-electron chi connectivity index (χ2n) is 4.62. The van der Waals surface area contributed by atoms with Crippen LogP contribution in [0.4, 0.5) is 11.5 Å². The molecule has 2 heterocycles. The van der Waals surface area contributed by atoms with Crippen molar-refractivity contribution >= 4 is 27.3 Å². The van der Waals surface area contributed by atoms with Crippen molar-refractivity contribution in [2.45, 2.75) is 19.4 Å². The molecule has 1 fully saturated rings. The highest BCUT2D eigenvalue weighted by Gasteiger charge is 2.28. The van der Waals surface area contributed by atoms with E-state index in [0.29, 0.717) is 12.2 Å². The smallest absolute Gasteiger partial charge is 0.340 e. The van der Waals surface area contributed by atoms with Crippen molar-refractivity contribution in [3.8, 4) is 0 Å². The Kier molecular flexibility index (Phi) is 4.12. The second kappa shape index (κ2) is 5.66. The fraction of sp³-hybridized carbons (Fsp3) is 0.500. The maximum Gasteiger partial charge on any atom is 0.340 e. The number of ether oxygens (including phenoxy) is 1. The van der Waals surface area contributed by atoms with Gasteiger partial charge in [0.1, 0.15) is 5.82 Å². The van der Waals surface area contributed by atoms with Crippen LogP contribution in [0.25, 0.3) is 0 Å². The van der Waals surface area contributed by atoms with Gasteiger partial charge in [-0.1, -0.05) is 0 Å². The van der Waals surface area contributed by atoms with Gasteiger partial charge in [-0.15, -0.1) is 0 Å². The number of carbonyl (C=O) groups excluding carboxylic acids is 1. The van der Waals surface area contributed by atoms with Crippen LogP contribution in [-0.2, 0) is 14.6 Å². The van der Waals surface area contributed by atoms with Crippen molar-refractivity contribution in [1.82, 2.24) is 4.98 Å². The molecule has 0 aliphatic carbocycles. The first-order valence-electron chi connectivity index (χ1n) is 6.31. The number of nitrogen functional groups attached to an aromatic ring is 1. The fourth-order valence-electron chi connectivity index (χ4n) is 2.05. The van der Waals surface area contributed by atoms with Crippen LogP contribution in [0, 0.1) is 0 Å². The third kappa shape index (κ3) is 3.38. The lowest BCUT2D eigenvalue weighted by Gasteiger charge is -2.13. The molecule has 7 nitrogen and oxygen atoms in total. The molecule has 110 valence electrons. The van der Waals surface area contributed by atoms with Crippen molar-refractivity contribution in [3.63, 3.8) is 0 Å². The van der Waals surface area contributed by atoms with Crippen LogP contribution in [0.1, 0.15) is 23.7 Å². The van der Waals surface area contributed by atoms with Crippen molar-refractivity contribution in [2.24, 2.45) is 0 Å². The maximum atomic E-state index is 11.7. The van der Waals surface area contributed by atoms with Crippen molar-refractivity contribution in [2.75, 3.05) is 29.2 Å². The van der Waals surface area contributed by atoms with Crippen LogP contribution in [-0.4, -0.2) is 43.5 Å². The molecular weight excluding hydrogens is 282 g/mol. The average Bonchev–Trinajstić information content (AvgIpc) is 2.71. The van der Waals surface area contributed by atoms with Crippen LogP contribution >= 0.6 is 0 Å². The number of nitrogens with two attached hydrogens (primary N) is 1. The summed E-state index contributed by atoms with van der Waals surface area (Å²) < 4.78 is 27.7. The van der Waals surface area contributed by atoms with Gasteiger partial charge in [0.15, 0.2) is 9.84 Å². The molecule has 0 aromatic carbocycles. The summed E-state index contributed by atoms with van der Waals surface area (Å²) in [5.74, 6) is 0.150. The zero-order valence-electron chi connectivity index (χ0n) is 11.1. The number of sulfone groups is 1. The fourth-order valence-corrected chi connectivity index (χ4v) is 3.72. The highest BCUT2D eigenvalue weighted by molar-refractivity contribution is 7.91. The summed E-state index contributed by atoms with van der Waals surface area (Å²) in [5, 5.41) is 3.01. The first-order chi connectivity index (χ1) is 9.41. The molecule has 1 aromatic rings. The van der Waals surface area contributed by atoms with Gasteiger partial charge in [0, 0.05) is 6.04 Å². The topological polar surface area (TPSA) is 111 Å². The monoisotopic (exact) mass is 299 g/mol. The minimum atomic E-state index is -2.97. The molecule has 20 heavy (non-hydrogen) atoms. The van der Waals surface area contributed by atoms with Gasteiger partial charge in [-0.3, -0.25) is 0 Å². The van der Waals surface area contributed by atoms with Gasteiger partial charge < -0.3 is 15.8 Å². The number of esters is 1. The standard InChI is InChI=1S/C12H17N3O4S/c1-2-19-12(16)9-5-11(14-6-10(9)13)15-8-3-4-20(17,18)7-8/h5-6,8H,2-4,7,13H2,1H3,(H,14,15). The molecule has 2 rings (SSSR count). The molecule has 1 unspecified atom stereocenters. The molecule has 1 aliphatic heterocycles. The van der Waals surface area contributed by atoms with Crippen LogP contribution in [0.3, 0.4) is 0 Å². The van der Waals surface area contributed by atoms with E-state index in [-0.39, 0.29) is 35.4 Å². The lowest BCUT2D eigenvalue weighted by Crippen LogP contribution is -2.21. The molecule has 8 heteroatoms. The number of pyridine rings is 1. The van der Waals surface area contributed by atoms with Gasteiger partial charge in [0.2, 0.25) is 0 Å². The summed E-state index contributed by atoms with van der Waals surface area (Å²) >= 11 is 0. The van der Waals surface area contributed by atoms with E-state index in [9.17, 15) is 13.2 Å². The Morgan fingerprint density at radius 2 is 2.35 bits per heavy atom. The zero-order chi connectivity index (χ0) is 14.8. The number of carbonyl (C=O) groups is 1. The van der Waals surface area contributed by atoms with Gasteiger partial charge in [-0.2, -0.15) is 0 Å². The summed E-state index contributed by atoms with van der Waals surface area (Å²) in [4.78, 5) is 15.8. The molecule has 0 radical (unpaired) electrons. The number of nitrogens with zero attached hydrogens (tertiary/aromatic N) is 1. The largest absolute Gasteiger partial charge is 0.462 e. The Balaban J connectivity index is 2.13. The van der Waals surface area contributed by atoms with Gasteiger partial charge in [0.25, 0.3) is 0 Å². The lowest BCUT2D eigenvalue weighted by molar-refractivity contribution is 0.0527. The quantitative estimate of drug-likeness (QED) is 0.776. The first kappa shape index (κ1) is 14.6. The molecule has 0 bridgehead atoms. The molecule has 0 amide bonds. The van der Waals surface area contributed by atoms with E-state index in [1.54, 1.807) is 6.92 Å².